The van der Waals surface area contributed by atoms with Crippen molar-refractivity contribution in [2.45, 2.75) is 38.5 Å². The standard InChI is InChI=1S/C20H25ClN8O2/c1-11-16(22)20(10-31-11)3-6-28(7-4-20)18-13(9-30)27-19-12(26-18)8-25-29(19)14-2-5-24-17(23)15(14)21/h2,5,8,11,16,30H,3-4,6-7,9-10,22H2,1H3,(H2,23,24)/t11-,16+/m0/s1. The maximum Gasteiger partial charge on any atom is 0.182 e. The van der Waals surface area contributed by atoms with E-state index in [0.717, 1.165) is 25.9 Å². The molecule has 2 aliphatic rings. The van der Waals surface area contributed by atoms with Gasteiger partial charge in [0, 0.05) is 30.7 Å². The fraction of sp³-hybridized carbons (Fsp3) is 0.500. The van der Waals surface area contributed by atoms with E-state index in [4.69, 9.17) is 32.8 Å². The summed E-state index contributed by atoms with van der Waals surface area (Å²) in [5.41, 5.74) is 14.4. The molecule has 11 heteroatoms. The number of hydrogen-bond acceptors (Lipinski definition) is 9. The van der Waals surface area contributed by atoms with Crippen molar-refractivity contribution in [3.8, 4) is 5.69 Å². The van der Waals surface area contributed by atoms with Crippen LogP contribution >= 0.6 is 11.6 Å². The first-order valence-corrected chi connectivity index (χ1v) is 10.7. The Balaban J connectivity index is 1.48. The highest BCUT2D eigenvalue weighted by molar-refractivity contribution is 6.34. The van der Waals surface area contributed by atoms with Gasteiger partial charge in [-0.25, -0.2) is 19.6 Å². The van der Waals surface area contributed by atoms with Crippen molar-refractivity contribution < 1.29 is 9.84 Å². The van der Waals surface area contributed by atoms with Gasteiger partial charge in [-0.1, -0.05) is 11.6 Å². The van der Waals surface area contributed by atoms with E-state index in [1.165, 1.54) is 0 Å². The summed E-state index contributed by atoms with van der Waals surface area (Å²) >= 11 is 6.32. The SMILES string of the molecule is C[C@@H]1OCC2(CCN(c3nc4cnn(-c5ccnc(N)c5Cl)c4nc3CO)CC2)[C@@H]1N. The Morgan fingerprint density at radius 2 is 2.10 bits per heavy atom. The Kier molecular flexibility index (Phi) is 4.97. The molecule has 3 aromatic rings. The predicted molar refractivity (Wildman–Crippen MR) is 117 cm³/mol. The number of nitrogens with two attached hydrogens (primary N) is 2. The zero-order valence-electron chi connectivity index (χ0n) is 17.2. The number of hydrogen-bond donors (Lipinski definition) is 3. The third-order valence-corrected chi connectivity index (χ3v) is 7.02. The summed E-state index contributed by atoms with van der Waals surface area (Å²) < 4.78 is 7.38. The molecule has 31 heavy (non-hydrogen) atoms. The lowest BCUT2D eigenvalue weighted by Crippen LogP contribution is -2.51. The normalized spacial score (nSPS) is 23.2. The molecule has 0 radical (unpaired) electrons. The second-order valence-corrected chi connectivity index (χ2v) is 8.72. The molecule has 164 valence electrons. The maximum atomic E-state index is 10.0. The summed E-state index contributed by atoms with van der Waals surface area (Å²) in [6.45, 7) is 4.05. The van der Waals surface area contributed by atoms with Crippen LogP contribution in [0, 0.1) is 5.41 Å². The molecule has 0 aliphatic carbocycles. The van der Waals surface area contributed by atoms with E-state index in [1.54, 1.807) is 23.1 Å². The van der Waals surface area contributed by atoms with Gasteiger partial charge in [-0.15, -0.1) is 0 Å². The summed E-state index contributed by atoms with van der Waals surface area (Å²) in [6.07, 6.45) is 5.09. The van der Waals surface area contributed by atoms with Crippen molar-refractivity contribution in [1.29, 1.82) is 0 Å². The molecule has 0 bridgehead atoms. The Morgan fingerprint density at radius 3 is 2.77 bits per heavy atom. The highest BCUT2D eigenvalue weighted by Gasteiger charge is 2.47. The van der Waals surface area contributed by atoms with Crippen LogP contribution in [0.3, 0.4) is 0 Å². The molecule has 2 saturated heterocycles. The number of ether oxygens (including phenoxy) is 1. The molecule has 2 atom stereocenters. The third kappa shape index (κ3) is 3.21. The molecule has 1 spiro atoms. The van der Waals surface area contributed by atoms with Gasteiger partial charge in [0.05, 0.1) is 31.2 Å². The van der Waals surface area contributed by atoms with Crippen molar-refractivity contribution >= 4 is 34.4 Å². The average molecular weight is 445 g/mol. The molecule has 2 aliphatic heterocycles. The highest BCUT2D eigenvalue weighted by Crippen LogP contribution is 2.42. The fourth-order valence-corrected chi connectivity index (χ4v) is 4.85. The van der Waals surface area contributed by atoms with E-state index in [-0.39, 0.29) is 35.0 Å². The van der Waals surface area contributed by atoms with Crippen molar-refractivity contribution in [1.82, 2.24) is 24.7 Å². The van der Waals surface area contributed by atoms with E-state index in [1.807, 2.05) is 6.92 Å². The number of pyridine rings is 1. The number of piperidine rings is 1. The minimum atomic E-state index is -0.239. The van der Waals surface area contributed by atoms with Crippen molar-refractivity contribution in [3.05, 3.63) is 29.2 Å². The molecule has 0 amide bonds. The molecule has 0 saturated carbocycles. The number of rotatable bonds is 3. The first-order chi connectivity index (χ1) is 14.9. The lowest BCUT2D eigenvalue weighted by molar-refractivity contribution is 0.0973. The van der Waals surface area contributed by atoms with Gasteiger partial charge >= 0.3 is 0 Å². The topological polar surface area (TPSA) is 141 Å². The number of nitrogens with zero attached hydrogens (tertiary/aromatic N) is 6. The Labute approximate surface area is 184 Å². The third-order valence-electron chi connectivity index (χ3n) is 6.63. The quantitative estimate of drug-likeness (QED) is 0.544. The van der Waals surface area contributed by atoms with Gasteiger partial charge in [-0.2, -0.15) is 5.10 Å². The van der Waals surface area contributed by atoms with Crippen LogP contribution in [-0.2, 0) is 11.3 Å². The smallest absolute Gasteiger partial charge is 0.182 e. The summed E-state index contributed by atoms with van der Waals surface area (Å²) in [7, 11) is 0. The van der Waals surface area contributed by atoms with Gasteiger partial charge in [-0.05, 0) is 25.8 Å². The Hall–Kier alpha value is -2.53. The van der Waals surface area contributed by atoms with E-state index in [9.17, 15) is 5.11 Å². The zero-order valence-corrected chi connectivity index (χ0v) is 18.0. The highest BCUT2D eigenvalue weighted by atomic mass is 35.5. The molecule has 10 nitrogen and oxygen atoms in total. The van der Waals surface area contributed by atoms with E-state index < -0.39 is 0 Å². The summed E-state index contributed by atoms with van der Waals surface area (Å²) in [5, 5.41) is 14.7. The number of fused-ring (bicyclic) bond motifs is 1. The van der Waals surface area contributed by atoms with Gasteiger partial charge in [0.1, 0.15) is 22.1 Å². The largest absolute Gasteiger partial charge is 0.390 e. The molecular formula is C20H25ClN8O2. The molecule has 0 aromatic carbocycles. The lowest BCUT2D eigenvalue weighted by Gasteiger charge is -2.41. The van der Waals surface area contributed by atoms with Crippen LogP contribution < -0.4 is 16.4 Å². The van der Waals surface area contributed by atoms with Gasteiger partial charge in [0.25, 0.3) is 0 Å². The van der Waals surface area contributed by atoms with Crippen molar-refractivity contribution in [2.75, 3.05) is 30.3 Å². The number of halogens is 1. The first-order valence-electron chi connectivity index (χ1n) is 10.3. The van der Waals surface area contributed by atoms with Gasteiger partial charge in [-0.3, -0.25) is 0 Å². The molecule has 5 N–H and O–H groups in total. The van der Waals surface area contributed by atoms with Crippen LogP contribution in [0.1, 0.15) is 25.5 Å². The number of aliphatic hydroxyl groups excluding tert-OH is 1. The first kappa shape index (κ1) is 20.4. The van der Waals surface area contributed by atoms with E-state index in [2.05, 4.69) is 20.0 Å². The van der Waals surface area contributed by atoms with Crippen molar-refractivity contribution in [2.24, 2.45) is 11.1 Å². The van der Waals surface area contributed by atoms with E-state index >= 15 is 0 Å². The zero-order chi connectivity index (χ0) is 21.8. The van der Waals surface area contributed by atoms with Crippen molar-refractivity contribution in [3.63, 3.8) is 0 Å². The average Bonchev–Trinajstić information content (AvgIpc) is 3.32. The minimum absolute atomic E-state index is 0.00966. The lowest BCUT2D eigenvalue weighted by atomic mass is 9.73. The Bertz CT molecular complexity index is 1130. The summed E-state index contributed by atoms with van der Waals surface area (Å²) in [6, 6.07) is 1.74. The van der Waals surface area contributed by atoms with E-state index in [0.29, 0.717) is 35.0 Å². The monoisotopic (exact) mass is 444 g/mol. The predicted octanol–water partition coefficient (Wildman–Crippen LogP) is 1.27. The van der Waals surface area contributed by atoms with Gasteiger partial charge < -0.3 is 26.2 Å². The molecular weight excluding hydrogens is 420 g/mol. The van der Waals surface area contributed by atoms with Gasteiger partial charge in [0.2, 0.25) is 0 Å². The van der Waals surface area contributed by atoms with Crippen LogP contribution in [0.2, 0.25) is 5.02 Å². The van der Waals surface area contributed by atoms with Gasteiger partial charge in [0.15, 0.2) is 11.5 Å². The number of nitrogen functional groups attached to an aromatic ring is 1. The van der Waals surface area contributed by atoms with Crippen LogP contribution in [-0.4, -0.2) is 61.7 Å². The van der Waals surface area contributed by atoms with Crippen LogP contribution in [0.4, 0.5) is 11.6 Å². The van der Waals surface area contributed by atoms with Crippen LogP contribution in [0.5, 0.6) is 0 Å². The second kappa shape index (κ2) is 7.56. The molecule has 3 aromatic heterocycles. The van der Waals surface area contributed by atoms with Crippen LogP contribution in [0.15, 0.2) is 18.5 Å². The van der Waals surface area contributed by atoms with Crippen LogP contribution in [0.25, 0.3) is 16.9 Å². The Morgan fingerprint density at radius 1 is 1.32 bits per heavy atom. The molecule has 5 heterocycles. The fourth-order valence-electron chi connectivity index (χ4n) is 4.66. The molecule has 0 unspecified atom stereocenters. The maximum absolute atomic E-state index is 10.0. The summed E-state index contributed by atoms with van der Waals surface area (Å²) in [4.78, 5) is 15.6. The molecule has 5 rings (SSSR count). The summed E-state index contributed by atoms with van der Waals surface area (Å²) in [5.74, 6) is 0.880. The number of aliphatic hydroxyl groups is 1. The second-order valence-electron chi connectivity index (χ2n) is 8.34. The number of anilines is 2. The minimum Gasteiger partial charge on any atom is -0.390 e. The number of aromatic nitrogens is 5. The molecule has 2 fully saturated rings.